The van der Waals surface area contributed by atoms with Crippen LogP contribution in [-0.2, 0) is 9.59 Å². The monoisotopic (exact) mass is 345 g/mol. The lowest BCUT2D eigenvalue weighted by atomic mass is 9.99. The Kier molecular flexibility index (Phi) is 4.44. The molecule has 0 aliphatic carbocycles. The molecule has 0 bridgehead atoms. The second kappa shape index (κ2) is 6.53. The quantitative estimate of drug-likeness (QED) is 0.520. The third-order valence-corrected chi connectivity index (χ3v) is 4.15. The molecule has 1 aliphatic heterocycles. The molecule has 124 valence electrons. The molecular weight excluding hydrogens is 330 g/mol. The molecule has 2 aromatic rings. The number of benzene rings is 1. The number of furan rings is 1. The van der Waals surface area contributed by atoms with E-state index in [1.165, 1.54) is 11.2 Å². The predicted molar refractivity (Wildman–Crippen MR) is 89.5 cm³/mol. The van der Waals surface area contributed by atoms with Gasteiger partial charge in [0.2, 0.25) is 0 Å². The van der Waals surface area contributed by atoms with Crippen LogP contribution in [0.2, 0.25) is 5.02 Å². The van der Waals surface area contributed by atoms with E-state index in [0.29, 0.717) is 29.3 Å². The van der Waals surface area contributed by atoms with E-state index in [-0.39, 0.29) is 11.3 Å². The SMILES string of the molecule is CCCN1C(=O)C(=O)/C(=C(\O)c2cccc(Cl)c2)C1c1ccco1. The molecule has 1 atom stereocenters. The molecule has 1 unspecified atom stereocenters. The van der Waals surface area contributed by atoms with Gasteiger partial charge >= 0.3 is 0 Å². The topological polar surface area (TPSA) is 70.8 Å². The molecule has 1 aliphatic rings. The van der Waals surface area contributed by atoms with Gasteiger partial charge in [-0.2, -0.15) is 0 Å². The van der Waals surface area contributed by atoms with Gasteiger partial charge in [0.05, 0.1) is 11.8 Å². The van der Waals surface area contributed by atoms with E-state index >= 15 is 0 Å². The number of aliphatic hydroxyl groups is 1. The lowest BCUT2D eigenvalue weighted by Gasteiger charge is -2.22. The van der Waals surface area contributed by atoms with Crippen molar-refractivity contribution in [2.75, 3.05) is 6.54 Å². The van der Waals surface area contributed by atoms with Gasteiger partial charge < -0.3 is 14.4 Å². The van der Waals surface area contributed by atoms with Crippen molar-refractivity contribution in [2.24, 2.45) is 0 Å². The van der Waals surface area contributed by atoms with Gasteiger partial charge in [0, 0.05) is 17.1 Å². The van der Waals surface area contributed by atoms with Gasteiger partial charge in [0.25, 0.3) is 11.7 Å². The molecule has 1 amide bonds. The van der Waals surface area contributed by atoms with Crippen molar-refractivity contribution in [3.8, 4) is 0 Å². The number of likely N-dealkylation sites (tertiary alicyclic amines) is 1. The zero-order valence-corrected chi connectivity index (χ0v) is 13.8. The summed E-state index contributed by atoms with van der Waals surface area (Å²) >= 11 is 5.96. The molecule has 2 heterocycles. The normalized spacial score (nSPS) is 19.9. The van der Waals surface area contributed by atoms with Crippen molar-refractivity contribution < 1.29 is 19.1 Å². The number of halogens is 1. The lowest BCUT2D eigenvalue weighted by Crippen LogP contribution is -2.30. The first kappa shape index (κ1) is 16.3. The Morgan fingerprint density at radius 1 is 1.29 bits per heavy atom. The standard InChI is InChI=1S/C18H16ClNO4/c1-2-8-20-15(13-7-4-9-24-13)14(17(22)18(20)23)16(21)11-5-3-6-12(19)10-11/h3-7,9-10,15,21H,2,8H2,1H3/b16-14-. The molecule has 0 radical (unpaired) electrons. The fourth-order valence-electron chi connectivity index (χ4n) is 2.89. The number of hydrogen-bond acceptors (Lipinski definition) is 4. The van der Waals surface area contributed by atoms with Crippen LogP contribution in [0.3, 0.4) is 0 Å². The van der Waals surface area contributed by atoms with E-state index in [4.69, 9.17) is 16.0 Å². The predicted octanol–water partition coefficient (Wildman–Crippen LogP) is 3.76. The van der Waals surface area contributed by atoms with Gasteiger partial charge in [-0.05, 0) is 30.7 Å². The summed E-state index contributed by atoms with van der Waals surface area (Å²) in [6.45, 7) is 2.30. The Hall–Kier alpha value is -2.53. The Morgan fingerprint density at radius 2 is 2.08 bits per heavy atom. The summed E-state index contributed by atoms with van der Waals surface area (Å²) in [5.74, 6) is -1.17. The van der Waals surface area contributed by atoms with E-state index in [1.54, 1.807) is 36.4 Å². The summed E-state index contributed by atoms with van der Waals surface area (Å²) in [7, 11) is 0. The highest BCUT2D eigenvalue weighted by Gasteiger charge is 2.46. The molecule has 6 heteroatoms. The van der Waals surface area contributed by atoms with Crippen LogP contribution in [-0.4, -0.2) is 28.2 Å². The highest BCUT2D eigenvalue weighted by Crippen LogP contribution is 2.39. The van der Waals surface area contributed by atoms with Crippen LogP contribution >= 0.6 is 11.6 Å². The molecule has 1 saturated heterocycles. The van der Waals surface area contributed by atoms with Crippen LogP contribution in [0, 0.1) is 0 Å². The van der Waals surface area contributed by atoms with Crippen molar-refractivity contribution in [3.05, 3.63) is 64.6 Å². The molecule has 1 aromatic carbocycles. The molecule has 1 fully saturated rings. The third kappa shape index (κ3) is 2.71. The number of hydrogen-bond donors (Lipinski definition) is 1. The maximum Gasteiger partial charge on any atom is 0.295 e. The van der Waals surface area contributed by atoms with Crippen LogP contribution in [0.1, 0.15) is 30.7 Å². The first-order valence-electron chi connectivity index (χ1n) is 7.62. The van der Waals surface area contributed by atoms with Gasteiger partial charge in [-0.3, -0.25) is 9.59 Å². The summed E-state index contributed by atoms with van der Waals surface area (Å²) in [5, 5.41) is 11.1. The number of aliphatic hydroxyl groups excluding tert-OH is 1. The van der Waals surface area contributed by atoms with E-state index in [0.717, 1.165) is 0 Å². The van der Waals surface area contributed by atoms with Crippen molar-refractivity contribution in [3.63, 3.8) is 0 Å². The van der Waals surface area contributed by atoms with Crippen LogP contribution in [0.25, 0.3) is 5.76 Å². The molecule has 0 saturated carbocycles. The van der Waals surface area contributed by atoms with Crippen LogP contribution in [0.4, 0.5) is 0 Å². The van der Waals surface area contributed by atoms with E-state index in [1.807, 2.05) is 6.92 Å². The molecule has 1 N–H and O–H groups in total. The molecule has 5 nitrogen and oxygen atoms in total. The summed E-state index contributed by atoms with van der Waals surface area (Å²) in [5.41, 5.74) is 0.402. The first-order chi connectivity index (χ1) is 11.5. The Bertz CT molecular complexity index is 810. The second-order valence-electron chi connectivity index (χ2n) is 5.52. The summed E-state index contributed by atoms with van der Waals surface area (Å²) in [4.78, 5) is 26.3. The van der Waals surface area contributed by atoms with Crippen molar-refractivity contribution in [1.82, 2.24) is 4.90 Å². The van der Waals surface area contributed by atoms with Gasteiger partial charge in [-0.25, -0.2) is 0 Å². The molecule has 24 heavy (non-hydrogen) atoms. The Morgan fingerprint density at radius 3 is 2.71 bits per heavy atom. The first-order valence-corrected chi connectivity index (χ1v) is 8.00. The minimum atomic E-state index is -0.737. The second-order valence-corrected chi connectivity index (χ2v) is 5.95. The molecule has 3 rings (SSSR count). The highest BCUT2D eigenvalue weighted by molar-refractivity contribution is 6.46. The Labute approximate surface area is 144 Å². The minimum absolute atomic E-state index is 0.0191. The highest BCUT2D eigenvalue weighted by atomic mass is 35.5. The fourth-order valence-corrected chi connectivity index (χ4v) is 3.08. The maximum absolute atomic E-state index is 12.5. The lowest BCUT2D eigenvalue weighted by molar-refractivity contribution is -0.140. The van der Waals surface area contributed by atoms with E-state index in [2.05, 4.69) is 0 Å². The summed E-state index contributed by atoms with van der Waals surface area (Å²) in [6.07, 6.45) is 2.15. The van der Waals surface area contributed by atoms with Gasteiger partial charge in [-0.15, -0.1) is 0 Å². The number of nitrogens with zero attached hydrogens (tertiary/aromatic N) is 1. The van der Waals surface area contributed by atoms with Crippen molar-refractivity contribution >= 4 is 29.1 Å². The largest absolute Gasteiger partial charge is 0.507 e. The number of rotatable bonds is 4. The number of carbonyl (C=O) groups is 2. The Balaban J connectivity index is 2.17. The average Bonchev–Trinajstić information content (AvgIpc) is 3.17. The zero-order chi connectivity index (χ0) is 17.3. The van der Waals surface area contributed by atoms with Crippen LogP contribution in [0.5, 0.6) is 0 Å². The van der Waals surface area contributed by atoms with Gasteiger partial charge in [0.15, 0.2) is 0 Å². The number of Topliss-reactive ketones (excluding diaryl/α,β-unsaturated/α-hetero) is 1. The maximum atomic E-state index is 12.5. The molecular formula is C18H16ClNO4. The zero-order valence-electron chi connectivity index (χ0n) is 13.0. The van der Waals surface area contributed by atoms with E-state index in [9.17, 15) is 14.7 Å². The number of amides is 1. The van der Waals surface area contributed by atoms with Crippen LogP contribution in [0.15, 0.2) is 52.7 Å². The fraction of sp³-hybridized carbons (Fsp3) is 0.222. The smallest absolute Gasteiger partial charge is 0.295 e. The van der Waals surface area contributed by atoms with Gasteiger partial charge in [0.1, 0.15) is 17.6 Å². The van der Waals surface area contributed by atoms with Crippen molar-refractivity contribution in [2.45, 2.75) is 19.4 Å². The number of ketones is 1. The summed E-state index contributed by atoms with van der Waals surface area (Å²) in [6, 6.07) is 9.14. The van der Waals surface area contributed by atoms with Crippen molar-refractivity contribution in [1.29, 1.82) is 0 Å². The van der Waals surface area contributed by atoms with E-state index < -0.39 is 17.7 Å². The minimum Gasteiger partial charge on any atom is -0.507 e. The molecule has 0 spiro atoms. The summed E-state index contributed by atoms with van der Waals surface area (Å²) < 4.78 is 5.41. The molecule has 1 aromatic heterocycles. The van der Waals surface area contributed by atoms with Gasteiger partial charge in [-0.1, -0.05) is 30.7 Å². The number of carbonyl (C=O) groups excluding carboxylic acids is 2. The third-order valence-electron chi connectivity index (χ3n) is 3.92. The average molecular weight is 346 g/mol. The van der Waals surface area contributed by atoms with Crippen LogP contribution < -0.4 is 0 Å².